The molecule has 1 aliphatic heterocycles. The number of carbonyl (C=O) groups excluding carboxylic acids is 3. The van der Waals surface area contributed by atoms with E-state index in [0.717, 1.165) is 6.42 Å². The van der Waals surface area contributed by atoms with Gasteiger partial charge in [0.05, 0.1) is 18.7 Å². The zero-order valence-electron chi connectivity index (χ0n) is 15.9. The van der Waals surface area contributed by atoms with E-state index < -0.39 is 6.04 Å². The first-order valence-corrected chi connectivity index (χ1v) is 9.21. The Morgan fingerprint density at radius 2 is 1.71 bits per heavy atom. The van der Waals surface area contributed by atoms with Crippen LogP contribution in [0.25, 0.3) is 0 Å². The second-order valence-electron chi connectivity index (χ2n) is 6.57. The molecule has 146 valence electrons. The first-order chi connectivity index (χ1) is 13.5. The van der Waals surface area contributed by atoms with Gasteiger partial charge in [-0.05, 0) is 55.0 Å². The van der Waals surface area contributed by atoms with Gasteiger partial charge in [-0.15, -0.1) is 0 Å². The van der Waals surface area contributed by atoms with E-state index in [0.29, 0.717) is 29.4 Å². The van der Waals surface area contributed by atoms with Gasteiger partial charge in [-0.1, -0.05) is 6.92 Å². The molecule has 7 nitrogen and oxygen atoms in total. The molecule has 3 rings (SSSR count). The van der Waals surface area contributed by atoms with Gasteiger partial charge in [0, 0.05) is 18.3 Å². The van der Waals surface area contributed by atoms with Gasteiger partial charge in [0.15, 0.2) is 0 Å². The molecule has 28 heavy (non-hydrogen) atoms. The molecule has 2 aromatic carbocycles. The molecule has 0 aliphatic carbocycles. The molecule has 1 atom stereocenters. The Morgan fingerprint density at radius 3 is 2.32 bits per heavy atom. The number of nitrogens with one attached hydrogen (secondary N) is 2. The Kier molecular flexibility index (Phi) is 5.93. The van der Waals surface area contributed by atoms with Crippen LogP contribution < -0.4 is 20.3 Å². The zero-order valence-corrected chi connectivity index (χ0v) is 15.9. The average Bonchev–Trinajstić information content (AvgIpc) is 2.95. The van der Waals surface area contributed by atoms with Crippen LogP contribution in [0, 0.1) is 0 Å². The summed E-state index contributed by atoms with van der Waals surface area (Å²) in [6.45, 7) is 4.08. The third kappa shape index (κ3) is 4.49. The first-order valence-electron chi connectivity index (χ1n) is 9.21. The van der Waals surface area contributed by atoms with E-state index in [9.17, 15) is 14.4 Å². The molecule has 0 unspecified atom stereocenters. The summed E-state index contributed by atoms with van der Waals surface area (Å²) in [5.41, 5.74) is 1.90. The molecule has 7 heteroatoms. The Morgan fingerprint density at radius 1 is 1.07 bits per heavy atom. The predicted octanol–water partition coefficient (Wildman–Crippen LogP) is 3.18. The van der Waals surface area contributed by atoms with E-state index in [4.69, 9.17) is 4.74 Å². The third-order valence-corrected chi connectivity index (χ3v) is 4.26. The van der Waals surface area contributed by atoms with Crippen LogP contribution in [0.3, 0.4) is 0 Å². The predicted molar refractivity (Wildman–Crippen MR) is 107 cm³/mol. The van der Waals surface area contributed by atoms with Crippen molar-refractivity contribution in [2.45, 2.75) is 32.7 Å². The summed E-state index contributed by atoms with van der Waals surface area (Å²) < 4.78 is 5.53. The number of nitrogens with zero attached hydrogens (tertiary/aromatic N) is 1. The fraction of sp³-hybridized carbons (Fsp3) is 0.286. The minimum Gasteiger partial charge on any atom is -0.494 e. The van der Waals surface area contributed by atoms with E-state index in [-0.39, 0.29) is 24.1 Å². The summed E-state index contributed by atoms with van der Waals surface area (Å²) in [7, 11) is 0. The summed E-state index contributed by atoms with van der Waals surface area (Å²) in [5, 5.41) is 5.77. The standard InChI is InChI=1S/C21H23N3O4/c1-3-12-28-18-10-8-17(9-11-18)24-20(26)13-19(21(24)27)23-16-6-4-15(5-7-16)22-14(2)25/h4-11,19,23H,3,12-13H2,1-2H3,(H,22,25)/t19-/m0/s1. The Hall–Kier alpha value is -3.35. The van der Waals surface area contributed by atoms with Crippen LogP contribution in [0.4, 0.5) is 17.1 Å². The number of imide groups is 1. The SMILES string of the molecule is CCCOc1ccc(N2C(=O)C[C@H](Nc3ccc(NC(C)=O)cc3)C2=O)cc1. The van der Waals surface area contributed by atoms with E-state index in [1.54, 1.807) is 48.5 Å². The monoisotopic (exact) mass is 381 g/mol. The molecule has 2 aromatic rings. The van der Waals surface area contributed by atoms with E-state index in [1.807, 2.05) is 6.92 Å². The molecule has 2 N–H and O–H groups in total. The number of hydrogen-bond donors (Lipinski definition) is 2. The quantitative estimate of drug-likeness (QED) is 0.719. The molecule has 0 aromatic heterocycles. The van der Waals surface area contributed by atoms with Crippen LogP contribution >= 0.6 is 0 Å². The van der Waals surface area contributed by atoms with Crippen molar-refractivity contribution in [1.29, 1.82) is 0 Å². The van der Waals surface area contributed by atoms with Crippen molar-refractivity contribution in [3.63, 3.8) is 0 Å². The summed E-state index contributed by atoms with van der Waals surface area (Å²) in [6, 6.07) is 13.3. The summed E-state index contributed by atoms with van der Waals surface area (Å²) in [5.74, 6) is 0.00965. The molecule has 1 heterocycles. The highest BCUT2D eigenvalue weighted by Crippen LogP contribution is 2.27. The number of rotatable bonds is 7. The van der Waals surface area contributed by atoms with Crippen molar-refractivity contribution in [1.82, 2.24) is 0 Å². The number of ether oxygens (including phenoxy) is 1. The van der Waals surface area contributed by atoms with Gasteiger partial charge in [0.2, 0.25) is 11.8 Å². The fourth-order valence-corrected chi connectivity index (χ4v) is 2.98. The zero-order chi connectivity index (χ0) is 20.1. The fourth-order valence-electron chi connectivity index (χ4n) is 2.98. The van der Waals surface area contributed by atoms with Crippen molar-refractivity contribution in [3.8, 4) is 5.75 Å². The molecular formula is C21H23N3O4. The van der Waals surface area contributed by atoms with Crippen molar-refractivity contribution in [2.24, 2.45) is 0 Å². The molecule has 0 saturated carbocycles. The van der Waals surface area contributed by atoms with Crippen LogP contribution in [0.15, 0.2) is 48.5 Å². The maximum Gasteiger partial charge on any atom is 0.256 e. The van der Waals surface area contributed by atoms with Crippen molar-refractivity contribution < 1.29 is 19.1 Å². The molecule has 1 aliphatic rings. The minimum absolute atomic E-state index is 0.0837. The van der Waals surface area contributed by atoms with Gasteiger partial charge in [0.25, 0.3) is 5.91 Å². The van der Waals surface area contributed by atoms with Gasteiger partial charge in [-0.25, -0.2) is 4.90 Å². The summed E-state index contributed by atoms with van der Waals surface area (Å²) in [4.78, 5) is 37.4. The van der Waals surface area contributed by atoms with Crippen LogP contribution in [0.5, 0.6) is 5.75 Å². The number of benzene rings is 2. The lowest BCUT2D eigenvalue weighted by Crippen LogP contribution is -2.34. The number of amides is 3. The highest BCUT2D eigenvalue weighted by atomic mass is 16.5. The molecule has 3 amide bonds. The second kappa shape index (κ2) is 8.56. The topological polar surface area (TPSA) is 87.7 Å². The average molecular weight is 381 g/mol. The summed E-state index contributed by atoms with van der Waals surface area (Å²) >= 11 is 0. The normalized spacial score (nSPS) is 16.2. The molecule has 0 radical (unpaired) electrons. The number of anilines is 3. The summed E-state index contributed by atoms with van der Waals surface area (Å²) in [6.07, 6.45) is 0.990. The maximum absolute atomic E-state index is 12.7. The van der Waals surface area contributed by atoms with Crippen LogP contribution in [0.1, 0.15) is 26.7 Å². The van der Waals surface area contributed by atoms with E-state index in [1.165, 1.54) is 11.8 Å². The van der Waals surface area contributed by atoms with Crippen LogP contribution in [-0.2, 0) is 14.4 Å². The van der Waals surface area contributed by atoms with Gasteiger partial charge in [-0.2, -0.15) is 0 Å². The maximum atomic E-state index is 12.7. The van der Waals surface area contributed by atoms with Gasteiger partial charge >= 0.3 is 0 Å². The minimum atomic E-state index is -0.630. The molecule has 0 bridgehead atoms. The van der Waals surface area contributed by atoms with E-state index >= 15 is 0 Å². The lowest BCUT2D eigenvalue weighted by molar-refractivity contribution is -0.121. The van der Waals surface area contributed by atoms with Gasteiger partial charge < -0.3 is 15.4 Å². The Bertz CT molecular complexity index is 862. The molecule has 1 fully saturated rings. The number of hydrogen-bond acceptors (Lipinski definition) is 5. The number of carbonyl (C=O) groups is 3. The van der Waals surface area contributed by atoms with Crippen molar-refractivity contribution in [3.05, 3.63) is 48.5 Å². The second-order valence-corrected chi connectivity index (χ2v) is 6.57. The van der Waals surface area contributed by atoms with Crippen LogP contribution in [0.2, 0.25) is 0 Å². The Balaban J connectivity index is 1.67. The van der Waals surface area contributed by atoms with Crippen molar-refractivity contribution in [2.75, 3.05) is 22.1 Å². The van der Waals surface area contributed by atoms with E-state index in [2.05, 4.69) is 10.6 Å². The lowest BCUT2D eigenvalue weighted by atomic mass is 10.2. The first kappa shape index (κ1) is 19.4. The highest BCUT2D eigenvalue weighted by Gasteiger charge is 2.39. The van der Waals surface area contributed by atoms with Gasteiger partial charge in [0.1, 0.15) is 11.8 Å². The smallest absolute Gasteiger partial charge is 0.256 e. The molecular weight excluding hydrogens is 358 g/mol. The van der Waals surface area contributed by atoms with Gasteiger partial charge in [-0.3, -0.25) is 14.4 Å². The largest absolute Gasteiger partial charge is 0.494 e. The molecule has 0 spiro atoms. The lowest BCUT2D eigenvalue weighted by Gasteiger charge is -2.17. The molecule has 1 saturated heterocycles. The highest BCUT2D eigenvalue weighted by molar-refractivity contribution is 6.23. The third-order valence-electron chi connectivity index (χ3n) is 4.26. The van der Waals surface area contributed by atoms with Crippen LogP contribution in [-0.4, -0.2) is 30.4 Å². The Labute approximate surface area is 163 Å². The van der Waals surface area contributed by atoms with Crippen molar-refractivity contribution >= 4 is 34.8 Å².